The van der Waals surface area contributed by atoms with Gasteiger partial charge in [0.15, 0.2) is 0 Å². The molecule has 1 aliphatic heterocycles. The Morgan fingerprint density at radius 2 is 1.13 bits per heavy atom. The van der Waals surface area contributed by atoms with Crippen LogP contribution in [0, 0.1) is 5.92 Å². The largest absolute Gasteiger partial charge is 0.462 e. The van der Waals surface area contributed by atoms with Crippen molar-refractivity contribution in [2.75, 3.05) is 0 Å². The number of esters is 1. The second-order valence-corrected chi connectivity index (χ2v) is 7.53. The van der Waals surface area contributed by atoms with Crippen molar-refractivity contribution in [3.8, 4) is 0 Å². The van der Waals surface area contributed by atoms with Gasteiger partial charge in [0.1, 0.15) is 0 Å². The van der Waals surface area contributed by atoms with E-state index in [-0.39, 0.29) is 18.0 Å². The molecule has 2 unspecified atom stereocenters. The number of hydrogen-bond donors (Lipinski definition) is 0. The average molecular weight is 325 g/mol. The maximum atomic E-state index is 12.3. The fraction of sp³-hybridized carbons (Fsp3) is 0.952. The van der Waals surface area contributed by atoms with E-state index in [1.807, 2.05) is 0 Å². The van der Waals surface area contributed by atoms with Crippen molar-refractivity contribution < 1.29 is 9.53 Å². The Hall–Kier alpha value is -0.530. The number of carbonyl (C=O) groups is 1. The quantitative estimate of drug-likeness (QED) is 0.495. The summed E-state index contributed by atoms with van der Waals surface area (Å²) < 4.78 is 5.68. The van der Waals surface area contributed by atoms with Gasteiger partial charge in [-0.25, -0.2) is 0 Å². The molecule has 1 saturated heterocycles. The summed E-state index contributed by atoms with van der Waals surface area (Å²) in [5.74, 6) is 0.178. The van der Waals surface area contributed by atoms with Gasteiger partial charge in [0.2, 0.25) is 0 Å². The van der Waals surface area contributed by atoms with Crippen LogP contribution < -0.4 is 0 Å². The third kappa shape index (κ3) is 10.8. The highest BCUT2D eigenvalue weighted by Gasteiger charge is 2.19. The number of carbonyl (C=O) groups excluding carboxylic acids is 1. The van der Waals surface area contributed by atoms with Crippen LogP contribution in [0.15, 0.2) is 0 Å². The molecule has 23 heavy (non-hydrogen) atoms. The normalized spacial score (nSPS) is 28.2. The van der Waals surface area contributed by atoms with E-state index >= 15 is 0 Å². The molecule has 0 saturated carbocycles. The first kappa shape index (κ1) is 20.5. The van der Waals surface area contributed by atoms with E-state index in [1.54, 1.807) is 0 Å². The third-order valence-electron chi connectivity index (χ3n) is 5.31. The first-order valence-corrected chi connectivity index (χ1v) is 10.4. The van der Waals surface area contributed by atoms with Crippen molar-refractivity contribution in [3.05, 3.63) is 0 Å². The Kier molecular flexibility index (Phi) is 12.4. The predicted molar refractivity (Wildman–Crippen MR) is 98.6 cm³/mol. The molecule has 1 aliphatic rings. The molecule has 0 aromatic heterocycles. The van der Waals surface area contributed by atoms with Gasteiger partial charge in [0, 0.05) is 0 Å². The van der Waals surface area contributed by atoms with Gasteiger partial charge in [-0.3, -0.25) is 4.79 Å². The topological polar surface area (TPSA) is 26.3 Å². The fourth-order valence-electron chi connectivity index (χ4n) is 3.61. The van der Waals surface area contributed by atoms with Crippen molar-refractivity contribution in [1.29, 1.82) is 0 Å². The second kappa shape index (κ2) is 13.9. The Labute approximate surface area is 144 Å². The van der Waals surface area contributed by atoms with Crippen LogP contribution >= 0.6 is 0 Å². The number of hydrogen-bond acceptors (Lipinski definition) is 2. The summed E-state index contributed by atoms with van der Waals surface area (Å²) in [5.41, 5.74) is 0. The molecule has 2 heteroatoms. The molecule has 0 N–H and O–H groups in total. The van der Waals surface area contributed by atoms with E-state index in [9.17, 15) is 4.79 Å². The van der Waals surface area contributed by atoms with Crippen molar-refractivity contribution in [2.45, 2.75) is 123 Å². The van der Waals surface area contributed by atoms with E-state index in [4.69, 9.17) is 4.74 Å². The summed E-state index contributed by atoms with van der Waals surface area (Å²) in [7, 11) is 0. The summed E-state index contributed by atoms with van der Waals surface area (Å²) in [6.07, 6.45) is 20.5. The standard InChI is InChI=1S/C21H40O2/c1-3-20-18-16-14-12-10-8-6-4-5-7-9-11-13-15-17-19(2)23-21(20)22/h19-20H,3-18H2,1-2H3. The maximum absolute atomic E-state index is 12.3. The zero-order valence-corrected chi connectivity index (χ0v) is 15.8. The first-order chi connectivity index (χ1) is 11.2. The smallest absolute Gasteiger partial charge is 0.309 e. The highest BCUT2D eigenvalue weighted by Crippen LogP contribution is 2.19. The Morgan fingerprint density at radius 3 is 1.57 bits per heavy atom. The molecule has 2 nitrogen and oxygen atoms in total. The summed E-state index contributed by atoms with van der Waals surface area (Å²) in [6.45, 7) is 4.18. The van der Waals surface area contributed by atoms with Gasteiger partial charge in [0.05, 0.1) is 12.0 Å². The zero-order chi connectivity index (χ0) is 16.8. The highest BCUT2D eigenvalue weighted by molar-refractivity contribution is 5.72. The minimum absolute atomic E-state index is 0.0536. The fourth-order valence-corrected chi connectivity index (χ4v) is 3.61. The first-order valence-electron chi connectivity index (χ1n) is 10.4. The van der Waals surface area contributed by atoms with Gasteiger partial charge in [-0.2, -0.15) is 0 Å². The summed E-state index contributed by atoms with van der Waals surface area (Å²) >= 11 is 0. The minimum Gasteiger partial charge on any atom is -0.462 e. The van der Waals surface area contributed by atoms with Crippen molar-refractivity contribution in [3.63, 3.8) is 0 Å². The Morgan fingerprint density at radius 1 is 0.739 bits per heavy atom. The SMILES string of the molecule is CCC1CCCCCCCCCCCCCCCC(C)OC1=O. The van der Waals surface area contributed by atoms with E-state index in [2.05, 4.69) is 13.8 Å². The van der Waals surface area contributed by atoms with Gasteiger partial charge in [-0.15, -0.1) is 0 Å². The van der Waals surface area contributed by atoms with Crippen molar-refractivity contribution in [2.24, 2.45) is 5.92 Å². The van der Waals surface area contributed by atoms with Crippen LogP contribution in [-0.4, -0.2) is 12.1 Å². The van der Waals surface area contributed by atoms with Crippen LogP contribution in [0.1, 0.15) is 117 Å². The molecular formula is C21H40O2. The number of cyclic esters (lactones) is 1. The van der Waals surface area contributed by atoms with Crippen LogP contribution in [0.25, 0.3) is 0 Å². The summed E-state index contributed by atoms with van der Waals surface area (Å²) in [4.78, 5) is 12.3. The van der Waals surface area contributed by atoms with Crippen molar-refractivity contribution in [1.82, 2.24) is 0 Å². The molecule has 1 heterocycles. The molecule has 2 atom stereocenters. The zero-order valence-electron chi connectivity index (χ0n) is 15.8. The van der Waals surface area contributed by atoms with Crippen LogP contribution in [0.2, 0.25) is 0 Å². The second-order valence-electron chi connectivity index (χ2n) is 7.53. The lowest BCUT2D eigenvalue weighted by Gasteiger charge is -2.18. The van der Waals surface area contributed by atoms with Crippen LogP contribution in [0.5, 0.6) is 0 Å². The molecule has 0 aliphatic carbocycles. The minimum atomic E-state index is 0.0536. The molecule has 1 rings (SSSR count). The predicted octanol–water partition coefficient (Wildman–Crippen LogP) is 6.81. The van der Waals surface area contributed by atoms with Gasteiger partial charge in [-0.1, -0.05) is 84.0 Å². The van der Waals surface area contributed by atoms with Crippen LogP contribution in [0.3, 0.4) is 0 Å². The summed E-state index contributed by atoms with van der Waals surface area (Å²) in [6, 6.07) is 0. The molecule has 0 amide bonds. The molecule has 0 radical (unpaired) electrons. The molecule has 136 valence electrons. The van der Waals surface area contributed by atoms with E-state index in [0.717, 1.165) is 19.3 Å². The van der Waals surface area contributed by atoms with Crippen molar-refractivity contribution >= 4 is 5.97 Å². The monoisotopic (exact) mass is 324 g/mol. The molecule has 0 aromatic carbocycles. The maximum Gasteiger partial charge on any atom is 0.309 e. The van der Waals surface area contributed by atoms with Crippen LogP contribution in [-0.2, 0) is 9.53 Å². The van der Waals surface area contributed by atoms with Gasteiger partial charge in [-0.05, 0) is 32.6 Å². The van der Waals surface area contributed by atoms with E-state index < -0.39 is 0 Å². The summed E-state index contributed by atoms with van der Waals surface area (Å²) in [5, 5.41) is 0. The van der Waals surface area contributed by atoms with E-state index in [1.165, 1.54) is 83.5 Å². The van der Waals surface area contributed by atoms with Gasteiger partial charge in [0.25, 0.3) is 0 Å². The molecule has 0 spiro atoms. The molecule has 1 fully saturated rings. The Balaban J connectivity index is 2.35. The number of rotatable bonds is 1. The molecular weight excluding hydrogens is 284 g/mol. The molecule has 0 bridgehead atoms. The van der Waals surface area contributed by atoms with E-state index in [0.29, 0.717) is 0 Å². The lowest BCUT2D eigenvalue weighted by molar-refractivity contribution is -0.154. The lowest BCUT2D eigenvalue weighted by atomic mass is 9.97. The highest BCUT2D eigenvalue weighted by atomic mass is 16.5. The van der Waals surface area contributed by atoms with Gasteiger partial charge < -0.3 is 4.74 Å². The number of ether oxygens (including phenoxy) is 1. The molecule has 0 aromatic rings. The average Bonchev–Trinajstić information content (AvgIpc) is 2.53. The lowest BCUT2D eigenvalue weighted by Crippen LogP contribution is -2.22. The van der Waals surface area contributed by atoms with Gasteiger partial charge >= 0.3 is 5.97 Å². The Bertz CT molecular complexity index is 288. The third-order valence-corrected chi connectivity index (χ3v) is 5.31. The van der Waals surface area contributed by atoms with Crippen LogP contribution in [0.4, 0.5) is 0 Å².